The van der Waals surface area contributed by atoms with E-state index < -0.39 is 5.97 Å². The Bertz CT molecular complexity index is 817. The third kappa shape index (κ3) is 3.83. The van der Waals surface area contributed by atoms with Gasteiger partial charge in [0.05, 0.1) is 5.57 Å². The van der Waals surface area contributed by atoms with E-state index in [1.54, 1.807) is 0 Å². The Morgan fingerprint density at radius 2 is 1.46 bits per heavy atom. The molecule has 0 aliphatic rings. The van der Waals surface area contributed by atoms with Gasteiger partial charge < -0.3 is 5.11 Å². The monoisotopic (exact) mass is 320 g/mol. The molecule has 0 saturated heterocycles. The lowest BCUT2D eigenvalue weighted by molar-refractivity contribution is -0.132. The molecule has 1 N–H and O–H groups in total. The summed E-state index contributed by atoms with van der Waals surface area (Å²) < 4.78 is 0. The van der Waals surface area contributed by atoms with E-state index in [-0.39, 0.29) is 0 Å². The highest BCUT2D eigenvalue weighted by Crippen LogP contribution is 2.34. The fourth-order valence-corrected chi connectivity index (χ4v) is 2.87. The number of allylic oxidation sites excluding steroid dienone is 2. The molecule has 0 aliphatic carbocycles. The normalized spacial score (nSPS) is 11.7. The lowest BCUT2D eigenvalue weighted by atomic mass is 9.87. The van der Waals surface area contributed by atoms with Gasteiger partial charge in [-0.25, -0.2) is 4.79 Å². The van der Waals surface area contributed by atoms with Crippen molar-refractivity contribution < 1.29 is 9.90 Å². The molecule has 0 aromatic heterocycles. The highest BCUT2D eigenvalue weighted by molar-refractivity contribution is 6.12. The predicted molar refractivity (Wildman–Crippen MR) is 101 cm³/mol. The molecule has 0 bridgehead atoms. The molecule has 0 fully saturated rings. The first-order valence-corrected chi connectivity index (χ1v) is 8.07. The van der Waals surface area contributed by atoms with E-state index in [9.17, 15) is 9.90 Å². The Labute approximate surface area is 144 Å². The van der Waals surface area contributed by atoms with E-state index in [1.165, 1.54) is 5.56 Å². The molecule has 24 heavy (non-hydrogen) atoms. The zero-order chi connectivity index (χ0) is 17.9. The van der Waals surface area contributed by atoms with E-state index >= 15 is 0 Å². The van der Waals surface area contributed by atoms with Crippen LogP contribution in [-0.4, -0.2) is 11.1 Å². The van der Waals surface area contributed by atoms with E-state index in [4.69, 9.17) is 0 Å². The summed E-state index contributed by atoms with van der Waals surface area (Å²) in [5.41, 5.74) is 7.20. The number of carboxylic acids is 1. The molecule has 0 aliphatic heterocycles. The number of carboxylic acid groups (broad SMARTS) is 1. The van der Waals surface area contributed by atoms with Crippen molar-refractivity contribution in [2.45, 2.75) is 34.6 Å². The lowest BCUT2D eigenvalue weighted by Gasteiger charge is -2.16. The molecular weight excluding hydrogens is 296 g/mol. The summed E-state index contributed by atoms with van der Waals surface area (Å²) in [6.45, 7) is 9.76. The van der Waals surface area contributed by atoms with Crippen molar-refractivity contribution in [2.24, 2.45) is 0 Å². The van der Waals surface area contributed by atoms with Crippen molar-refractivity contribution >= 4 is 17.1 Å². The summed E-state index contributed by atoms with van der Waals surface area (Å²) in [5, 5.41) is 9.79. The van der Waals surface area contributed by atoms with Crippen LogP contribution in [-0.2, 0) is 4.79 Å². The van der Waals surface area contributed by atoms with Crippen molar-refractivity contribution in [3.8, 4) is 0 Å². The van der Waals surface area contributed by atoms with Gasteiger partial charge in [0.25, 0.3) is 0 Å². The second-order valence-electron chi connectivity index (χ2n) is 6.42. The molecule has 0 spiro atoms. The summed E-state index contributed by atoms with van der Waals surface area (Å²) in [4.78, 5) is 11.9. The number of aliphatic carboxylic acids is 1. The molecule has 0 unspecified atom stereocenters. The highest BCUT2D eigenvalue weighted by atomic mass is 16.4. The first kappa shape index (κ1) is 17.7. The molecule has 0 atom stereocenters. The number of benzene rings is 2. The van der Waals surface area contributed by atoms with Crippen LogP contribution in [0.15, 0.2) is 59.7 Å². The van der Waals surface area contributed by atoms with Gasteiger partial charge in [0, 0.05) is 0 Å². The third-order valence-electron chi connectivity index (χ3n) is 4.13. The molecule has 0 amide bonds. The zero-order valence-electron chi connectivity index (χ0n) is 15.0. The Morgan fingerprint density at radius 3 is 1.96 bits per heavy atom. The summed E-state index contributed by atoms with van der Waals surface area (Å²) in [7, 11) is 0. The van der Waals surface area contributed by atoms with Crippen LogP contribution in [0.5, 0.6) is 0 Å². The number of hydrogen-bond donors (Lipinski definition) is 1. The molecule has 2 rings (SSSR count). The number of hydrogen-bond acceptors (Lipinski definition) is 1. The topological polar surface area (TPSA) is 37.3 Å². The van der Waals surface area contributed by atoms with Crippen molar-refractivity contribution in [3.05, 3.63) is 81.9 Å². The zero-order valence-corrected chi connectivity index (χ0v) is 15.0. The van der Waals surface area contributed by atoms with Gasteiger partial charge >= 0.3 is 5.97 Å². The van der Waals surface area contributed by atoms with Crippen LogP contribution in [0, 0.1) is 13.8 Å². The van der Waals surface area contributed by atoms with E-state index in [1.807, 2.05) is 71.0 Å². The van der Waals surface area contributed by atoms with Gasteiger partial charge in [0.2, 0.25) is 0 Å². The molecule has 2 aromatic carbocycles. The summed E-state index contributed by atoms with van der Waals surface area (Å²) >= 11 is 0. The SMILES string of the molecule is CC(C)=C(C(=O)O)/C(=C(\C)c1ccc(C)cc1)c1cccc(C)c1. The Morgan fingerprint density at radius 1 is 0.833 bits per heavy atom. The van der Waals surface area contributed by atoms with Crippen LogP contribution in [0.4, 0.5) is 0 Å². The maximum Gasteiger partial charge on any atom is 0.336 e. The molecule has 0 heterocycles. The molecular formula is C22H24O2. The van der Waals surface area contributed by atoms with E-state index in [0.29, 0.717) is 5.57 Å². The molecule has 2 aromatic rings. The van der Waals surface area contributed by atoms with Crippen LogP contribution in [0.2, 0.25) is 0 Å². The number of aryl methyl sites for hydroxylation is 2. The molecule has 124 valence electrons. The Balaban J connectivity index is 2.80. The molecule has 2 nitrogen and oxygen atoms in total. The van der Waals surface area contributed by atoms with E-state index in [2.05, 4.69) is 12.1 Å². The van der Waals surface area contributed by atoms with Gasteiger partial charge in [-0.2, -0.15) is 0 Å². The first-order chi connectivity index (χ1) is 11.3. The van der Waals surface area contributed by atoms with Crippen molar-refractivity contribution in [1.82, 2.24) is 0 Å². The standard InChI is InChI=1S/C22H24O2/c1-14(2)20(22(23)24)21(19-8-6-7-16(4)13-19)17(5)18-11-9-15(3)10-12-18/h6-13H,1-5H3,(H,23,24)/b21-17+. The van der Waals surface area contributed by atoms with Crippen LogP contribution < -0.4 is 0 Å². The van der Waals surface area contributed by atoms with Gasteiger partial charge in [-0.15, -0.1) is 0 Å². The summed E-state index contributed by atoms with van der Waals surface area (Å²) in [6, 6.07) is 16.2. The van der Waals surface area contributed by atoms with Crippen molar-refractivity contribution in [2.75, 3.05) is 0 Å². The van der Waals surface area contributed by atoms with Gasteiger partial charge in [0.1, 0.15) is 0 Å². The Hall–Kier alpha value is -2.61. The van der Waals surface area contributed by atoms with Gasteiger partial charge in [-0.3, -0.25) is 0 Å². The van der Waals surface area contributed by atoms with Gasteiger partial charge in [-0.1, -0.05) is 65.2 Å². The van der Waals surface area contributed by atoms with Gasteiger partial charge in [-0.05, 0) is 56.9 Å². The average molecular weight is 320 g/mol. The van der Waals surface area contributed by atoms with Gasteiger partial charge in [0.15, 0.2) is 0 Å². The first-order valence-electron chi connectivity index (χ1n) is 8.07. The van der Waals surface area contributed by atoms with Crippen LogP contribution in [0.1, 0.15) is 43.0 Å². The second kappa shape index (κ2) is 7.31. The third-order valence-corrected chi connectivity index (χ3v) is 4.13. The maximum absolute atomic E-state index is 11.9. The molecule has 0 saturated carbocycles. The van der Waals surface area contributed by atoms with Crippen LogP contribution in [0.25, 0.3) is 11.1 Å². The lowest BCUT2D eigenvalue weighted by Crippen LogP contribution is -2.07. The van der Waals surface area contributed by atoms with Crippen LogP contribution >= 0.6 is 0 Å². The summed E-state index contributed by atoms with van der Waals surface area (Å²) in [6.07, 6.45) is 0. The smallest absolute Gasteiger partial charge is 0.336 e. The minimum atomic E-state index is -0.891. The minimum absolute atomic E-state index is 0.374. The predicted octanol–water partition coefficient (Wildman–Crippen LogP) is 5.66. The fraction of sp³-hybridized carbons (Fsp3) is 0.227. The Kier molecular flexibility index (Phi) is 5.40. The molecule has 0 radical (unpaired) electrons. The maximum atomic E-state index is 11.9. The quantitative estimate of drug-likeness (QED) is 0.448. The number of carbonyl (C=O) groups is 1. The largest absolute Gasteiger partial charge is 0.478 e. The van der Waals surface area contributed by atoms with Crippen molar-refractivity contribution in [1.29, 1.82) is 0 Å². The summed E-state index contributed by atoms with van der Waals surface area (Å²) in [5.74, 6) is -0.891. The van der Waals surface area contributed by atoms with Crippen LogP contribution in [0.3, 0.4) is 0 Å². The second-order valence-corrected chi connectivity index (χ2v) is 6.42. The number of rotatable bonds is 4. The van der Waals surface area contributed by atoms with Crippen molar-refractivity contribution in [3.63, 3.8) is 0 Å². The fourth-order valence-electron chi connectivity index (χ4n) is 2.87. The highest BCUT2D eigenvalue weighted by Gasteiger charge is 2.20. The average Bonchev–Trinajstić information content (AvgIpc) is 2.51. The molecule has 2 heteroatoms. The van der Waals surface area contributed by atoms with E-state index in [0.717, 1.165) is 33.4 Å². The minimum Gasteiger partial charge on any atom is -0.478 e.